The number of hydrogen-bond acceptors (Lipinski definition) is 3. The van der Waals surface area contributed by atoms with Gasteiger partial charge < -0.3 is 4.74 Å². The molecular weight excluding hydrogens is 252 g/mol. The number of rotatable bonds is 1. The summed E-state index contributed by atoms with van der Waals surface area (Å²) in [5.41, 5.74) is 4.02. The molecule has 3 nitrogen and oxygen atoms in total. The molecule has 1 aromatic rings. The molecule has 0 saturated carbocycles. The zero-order chi connectivity index (χ0) is 14.4. The normalized spacial score (nSPS) is 25.4. The van der Waals surface area contributed by atoms with Crippen molar-refractivity contribution in [2.24, 2.45) is 5.92 Å². The Kier molecular flexibility index (Phi) is 3.00. The Balaban J connectivity index is 2.21. The van der Waals surface area contributed by atoms with E-state index in [0.717, 1.165) is 17.7 Å². The van der Waals surface area contributed by atoms with Crippen LogP contribution in [0.2, 0.25) is 0 Å². The molecule has 2 aliphatic rings. The van der Waals surface area contributed by atoms with Gasteiger partial charge in [0.2, 0.25) is 11.6 Å². The van der Waals surface area contributed by atoms with Crippen LogP contribution in [0.1, 0.15) is 48.5 Å². The van der Waals surface area contributed by atoms with Gasteiger partial charge in [0.05, 0.1) is 7.11 Å². The van der Waals surface area contributed by atoms with E-state index in [1.807, 2.05) is 6.07 Å². The average molecular weight is 270 g/mol. The lowest BCUT2D eigenvalue weighted by molar-refractivity contribution is -0.119. The molecule has 3 rings (SSSR count). The fourth-order valence-electron chi connectivity index (χ4n) is 3.47. The number of benzene rings is 1. The minimum Gasteiger partial charge on any atom is -0.496 e. The van der Waals surface area contributed by atoms with Crippen molar-refractivity contribution in [3.63, 3.8) is 0 Å². The molecule has 0 amide bonds. The molecule has 0 radical (unpaired) electrons. The van der Waals surface area contributed by atoms with Crippen LogP contribution in [0, 0.1) is 5.92 Å². The minimum absolute atomic E-state index is 0.0787. The molecule has 2 atom stereocenters. The fraction of sp³-hybridized carbons (Fsp3) is 0.412. The first kappa shape index (κ1) is 13.1. The first-order valence-corrected chi connectivity index (χ1v) is 6.95. The van der Waals surface area contributed by atoms with Crippen LogP contribution >= 0.6 is 0 Å². The third kappa shape index (κ3) is 1.73. The highest BCUT2D eigenvalue weighted by Gasteiger charge is 2.44. The summed E-state index contributed by atoms with van der Waals surface area (Å²) in [7, 11) is 1.61. The zero-order valence-corrected chi connectivity index (χ0v) is 12.0. The molecule has 0 fully saturated rings. The highest BCUT2D eigenvalue weighted by Crippen LogP contribution is 2.48. The molecular formula is C17H18O3. The predicted molar refractivity (Wildman–Crippen MR) is 76.2 cm³/mol. The SMILES string of the molecule is COc1cccc2c1[C@@H]1CC(C)=C(C)C[C@@H]1C(=O)C2=O. The first-order valence-electron chi connectivity index (χ1n) is 6.95. The topological polar surface area (TPSA) is 43.4 Å². The monoisotopic (exact) mass is 270 g/mol. The number of hydrogen-bond donors (Lipinski definition) is 0. The lowest BCUT2D eigenvalue weighted by atomic mass is 9.65. The molecule has 0 N–H and O–H groups in total. The van der Waals surface area contributed by atoms with Gasteiger partial charge in [0, 0.05) is 23.0 Å². The predicted octanol–water partition coefficient (Wildman–Crippen LogP) is 3.29. The number of allylic oxidation sites excluding steroid dienone is 2. The molecule has 0 bridgehead atoms. The first-order chi connectivity index (χ1) is 9.54. The molecule has 0 spiro atoms. The maximum atomic E-state index is 12.4. The van der Waals surface area contributed by atoms with Crippen molar-refractivity contribution >= 4 is 11.6 Å². The zero-order valence-electron chi connectivity index (χ0n) is 12.0. The van der Waals surface area contributed by atoms with Crippen LogP contribution < -0.4 is 4.74 Å². The summed E-state index contributed by atoms with van der Waals surface area (Å²) < 4.78 is 5.43. The Labute approximate surface area is 118 Å². The van der Waals surface area contributed by atoms with Gasteiger partial charge >= 0.3 is 0 Å². The van der Waals surface area contributed by atoms with Crippen LogP contribution in [0.4, 0.5) is 0 Å². The lowest BCUT2D eigenvalue weighted by Crippen LogP contribution is -2.37. The summed E-state index contributed by atoms with van der Waals surface area (Å²) in [4.78, 5) is 24.7. The quantitative estimate of drug-likeness (QED) is 0.581. The van der Waals surface area contributed by atoms with Crippen LogP contribution in [-0.4, -0.2) is 18.7 Å². The Morgan fingerprint density at radius 1 is 1.05 bits per heavy atom. The average Bonchev–Trinajstić information content (AvgIpc) is 2.46. The van der Waals surface area contributed by atoms with Gasteiger partial charge in [-0.1, -0.05) is 23.3 Å². The van der Waals surface area contributed by atoms with Gasteiger partial charge in [0.15, 0.2) is 0 Å². The third-order valence-electron chi connectivity index (χ3n) is 4.73. The van der Waals surface area contributed by atoms with Crippen molar-refractivity contribution < 1.29 is 14.3 Å². The van der Waals surface area contributed by atoms with E-state index in [-0.39, 0.29) is 23.4 Å². The van der Waals surface area contributed by atoms with Gasteiger partial charge in [-0.05, 0) is 32.8 Å². The molecule has 0 heterocycles. The molecule has 20 heavy (non-hydrogen) atoms. The molecule has 0 aromatic heterocycles. The number of ether oxygens (including phenoxy) is 1. The fourth-order valence-corrected chi connectivity index (χ4v) is 3.47. The largest absolute Gasteiger partial charge is 0.496 e. The highest BCUT2D eigenvalue weighted by atomic mass is 16.5. The summed E-state index contributed by atoms with van der Waals surface area (Å²) >= 11 is 0. The van der Waals surface area contributed by atoms with Gasteiger partial charge in [0.25, 0.3) is 0 Å². The molecule has 0 saturated heterocycles. The third-order valence-corrected chi connectivity index (χ3v) is 4.73. The lowest BCUT2D eigenvalue weighted by Gasteiger charge is -2.37. The second kappa shape index (κ2) is 4.58. The molecule has 104 valence electrons. The summed E-state index contributed by atoms with van der Waals surface area (Å²) in [6, 6.07) is 5.40. The van der Waals surface area contributed by atoms with E-state index in [1.165, 1.54) is 11.1 Å². The number of Topliss-reactive ketones (excluding diaryl/α,β-unsaturated/α-hetero) is 2. The number of carbonyl (C=O) groups excluding carboxylic acids is 2. The van der Waals surface area contributed by atoms with Crippen molar-refractivity contribution in [2.45, 2.75) is 32.6 Å². The summed E-state index contributed by atoms with van der Waals surface area (Å²) in [5, 5.41) is 0. The van der Waals surface area contributed by atoms with Gasteiger partial charge in [0.1, 0.15) is 5.75 Å². The van der Waals surface area contributed by atoms with Crippen molar-refractivity contribution in [3.05, 3.63) is 40.5 Å². The Hall–Kier alpha value is -1.90. The summed E-state index contributed by atoms with van der Waals surface area (Å²) in [6.45, 7) is 4.17. The van der Waals surface area contributed by atoms with Crippen LogP contribution in [0.3, 0.4) is 0 Å². The van der Waals surface area contributed by atoms with E-state index in [0.29, 0.717) is 12.0 Å². The minimum atomic E-state index is -0.354. The Morgan fingerprint density at radius 2 is 1.70 bits per heavy atom. The van der Waals surface area contributed by atoms with E-state index in [2.05, 4.69) is 13.8 Å². The number of fused-ring (bicyclic) bond motifs is 3. The van der Waals surface area contributed by atoms with E-state index >= 15 is 0 Å². The van der Waals surface area contributed by atoms with E-state index < -0.39 is 0 Å². The van der Waals surface area contributed by atoms with Gasteiger partial charge in [-0.15, -0.1) is 0 Å². The van der Waals surface area contributed by atoms with Gasteiger partial charge in [-0.2, -0.15) is 0 Å². The van der Waals surface area contributed by atoms with Gasteiger partial charge in [-0.3, -0.25) is 9.59 Å². The van der Waals surface area contributed by atoms with Crippen molar-refractivity contribution in [1.29, 1.82) is 0 Å². The highest BCUT2D eigenvalue weighted by molar-refractivity contribution is 6.46. The maximum Gasteiger partial charge on any atom is 0.229 e. The second-order valence-electron chi connectivity index (χ2n) is 5.80. The van der Waals surface area contributed by atoms with Crippen LogP contribution in [0.15, 0.2) is 29.3 Å². The summed E-state index contributed by atoms with van der Waals surface area (Å²) in [6.07, 6.45) is 1.53. The van der Waals surface area contributed by atoms with Crippen LogP contribution in [0.5, 0.6) is 5.75 Å². The van der Waals surface area contributed by atoms with Crippen LogP contribution in [-0.2, 0) is 4.79 Å². The number of ketones is 2. The number of methoxy groups -OCH3 is 1. The Morgan fingerprint density at radius 3 is 2.35 bits per heavy atom. The van der Waals surface area contributed by atoms with E-state index in [9.17, 15) is 9.59 Å². The molecule has 1 aromatic carbocycles. The number of carbonyl (C=O) groups is 2. The molecule has 0 aliphatic heterocycles. The Bertz CT molecular complexity index is 640. The molecule has 3 heteroatoms. The van der Waals surface area contributed by atoms with Crippen molar-refractivity contribution in [1.82, 2.24) is 0 Å². The van der Waals surface area contributed by atoms with Gasteiger partial charge in [-0.25, -0.2) is 0 Å². The smallest absolute Gasteiger partial charge is 0.229 e. The summed E-state index contributed by atoms with van der Waals surface area (Å²) in [5.74, 6) is 0.00543. The van der Waals surface area contributed by atoms with Crippen LogP contribution in [0.25, 0.3) is 0 Å². The van der Waals surface area contributed by atoms with E-state index in [4.69, 9.17) is 4.74 Å². The standard InChI is InChI=1S/C17H18O3/c1-9-7-12-13(8-10(9)2)17(19)16(18)11-5-4-6-14(20-3)15(11)12/h4-6,12-13H,7-8H2,1-3H3/t12-,13+/m1/s1. The second-order valence-corrected chi connectivity index (χ2v) is 5.80. The molecule has 0 unspecified atom stereocenters. The maximum absolute atomic E-state index is 12.4. The molecule has 2 aliphatic carbocycles. The van der Waals surface area contributed by atoms with E-state index in [1.54, 1.807) is 19.2 Å². The van der Waals surface area contributed by atoms with Crippen molar-refractivity contribution in [2.75, 3.05) is 7.11 Å². The van der Waals surface area contributed by atoms with Crippen molar-refractivity contribution in [3.8, 4) is 5.75 Å².